The van der Waals surface area contributed by atoms with Gasteiger partial charge in [0.1, 0.15) is 6.10 Å². The molecular formula is C9H7F3N2O. The zero-order valence-electron chi connectivity index (χ0n) is 7.80. The van der Waals surface area contributed by atoms with Gasteiger partial charge in [0.05, 0.1) is 12.1 Å². The van der Waals surface area contributed by atoms with E-state index in [0.29, 0.717) is 6.54 Å². The maximum absolute atomic E-state index is 13.2. The number of aromatic nitrogens is 1. The number of pyridine rings is 1. The van der Waals surface area contributed by atoms with E-state index in [1.165, 1.54) is 0 Å². The van der Waals surface area contributed by atoms with Gasteiger partial charge in [-0.25, -0.2) is 9.38 Å². The van der Waals surface area contributed by atoms with E-state index < -0.39 is 17.7 Å². The van der Waals surface area contributed by atoms with Gasteiger partial charge in [-0.1, -0.05) is 0 Å². The number of nitrogens with zero attached hydrogens (tertiary/aromatic N) is 2. The van der Waals surface area contributed by atoms with E-state index in [-0.39, 0.29) is 17.6 Å². The molecule has 0 aliphatic carbocycles. The van der Waals surface area contributed by atoms with Crippen molar-refractivity contribution in [2.24, 2.45) is 4.99 Å². The molecule has 1 aliphatic heterocycles. The molecule has 15 heavy (non-hydrogen) atoms. The van der Waals surface area contributed by atoms with E-state index >= 15 is 0 Å². The van der Waals surface area contributed by atoms with Crippen molar-refractivity contribution in [3.05, 3.63) is 29.3 Å². The van der Waals surface area contributed by atoms with Gasteiger partial charge < -0.3 is 4.74 Å². The van der Waals surface area contributed by atoms with E-state index in [1.807, 2.05) is 0 Å². The topological polar surface area (TPSA) is 34.5 Å². The number of halogens is 3. The molecule has 0 bridgehead atoms. The van der Waals surface area contributed by atoms with Gasteiger partial charge in [0.15, 0.2) is 5.82 Å². The van der Waals surface area contributed by atoms with E-state index in [1.54, 1.807) is 6.92 Å². The predicted octanol–water partition coefficient (Wildman–Crippen LogP) is 1.66. The fourth-order valence-electron chi connectivity index (χ4n) is 1.25. The third-order valence-corrected chi connectivity index (χ3v) is 1.92. The number of hydrogen-bond donors (Lipinski definition) is 0. The van der Waals surface area contributed by atoms with Crippen LogP contribution in [0.4, 0.5) is 13.2 Å². The molecule has 6 heteroatoms. The Morgan fingerprint density at radius 1 is 1.40 bits per heavy atom. The first-order valence-corrected chi connectivity index (χ1v) is 4.31. The van der Waals surface area contributed by atoms with Gasteiger partial charge in [0.2, 0.25) is 11.8 Å². The summed E-state index contributed by atoms with van der Waals surface area (Å²) in [6.45, 7) is 2.07. The molecule has 0 aromatic carbocycles. The van der Waals surface area contributed by atoms with Crippen LogP contribution in [0, 0.1) is 17.7 Å². The molecule has 0 saturated heterocycles. The van der Waals surface area contributed by atoms with Crippen molar-refractivity contribution in [2.75, 3.05) is 6.54 Å². The van der Waals surface area contributed by atoms with Crippen molar-refractivity contribution < 1.29 is 17.9 Å². The SMILES string of the molecule is CC1CN=C(c2cc(F)nc(F)c2F)O1. The standard InChI is InChI=1S/C9H7F3N2O/c1-4-3-13-9(15-4)5-2-6(10)14-8(12)7(5)11/h2,4H,3H2,1H3. The Bertz CT molecular complexity index is 434. The summed E-state index contributed by atoms with van der Waals surface area (Å²) >= 11 is 0. The first-order chi connectivity index (χ1) is 7.08. The third-order valence-electron chi connectivity index (χ3n) is 1.92. The molecule has 0 fully saturated rings. The Morgan fingerprint density at radius 2 is 2.13 bits per heavy atom. The fraction of sp³-hybridized carbons (Fsp3) is 0.333. The highest BCUT2D eigenvalue weighted by Gasteiger charge is 2.23. The minimum atomic E-state index is -1.49. The average molecular weight is 216 g/mol. The molecule has 1 aliphatic rings. The average Bonchev–Trinajstić information content (AvgIpc) is 2.58. The summed E-state index contributed by atoms with van der Waals surface area (Å²) in [7, 11) is 0. The van der Waals surface area contributed by atoms with Crippen LogP contribution in [0.2, 0.25) is 0 Å². The molecule has 0 spiro atoms. The molecule has 1 aromatic heterocycles. The van der Waals surface area contributed by atoms with Gasteiger partial charge in [0.25, 0.3) is 5.95 Å². The Hall–Kier alpha value is -1.59. The smallest absolute Gasteiger partial charge is 0.252 e. The van der Waals surface area contributed by atoms with Crippen LogP contribution in [-0.2, 0) is 4.74 Å². The first-order valence-electron chi connectivity index (χ1n) is 4.31. The molecule has 3 nitrogen and oxygen atoms in total. The predicted molar refractivity (Wildman–Crippen MR) is 46.1 cm³/mol. The quantitative estimate of drug-likeness (QED) is 0.669. The van der Waals surface area contributed by atoms with Gasteiger partial charge in [-0.05, 0) is 6.92 Å². The molecule has 0 saturated carbocycles. The number of aliphatic imine (C=N–C) groups is 1. The van der Waals surface area contributed by atoms with Crippen molar-refractivity contribution in [1.29, 1.82) is 0 Å². The summed E-state index contributed by atoms with van der Waals surface area (Å²) in [6, 6.07) is 0.759. The number of rotatable bonds is 1. The Labute approximate surface area is 83.6 Å². The monoisotopic (exact) mass is 216 g/mol. The minimum Gasteiger partial charge on any atom is -0.472 e. The van der Waals surface area contributed by atoms with Gasteiger partial charge >= 0.3 is 0 Å². The van der Waals surface area contributed by atoms with Crippen molar-refractivity contribution in [3.8, 4) is 0 Å². The van der Waals surface area contributed by atoms with E-state index in [9.17, 15) is 13.2 Å². The first kappa shape index (κ1) is 9.95. The van der Waals surface area contributed by atoms with E-state index in [2.05, 4.69) is 9.98 Å². The molecule has 2 heterocycles. The summed E-state index contributed by atoms with van der Waals surface area (Å²) in [5.41, 5.74) is -0.329. The van der Waals surface area contributed by atoms with Crippen LogP contribution < -0.4 is 0 Å². The largest absolute Gasteiger partial charge is 0.472 e. The fourth-order valence-corrected chi connectivity index (χ4v) is 1.25. The molecule has 1 aromatic rings. The van der Waals surface area contributed by atoms with Crippen LogP contribution in [-0.4, -0.2) is 23.5 Å². The number of hydrogen-bond acceptors (Lipinski definition) is 3. The second kappa shape index (κ2) is 3.52. The van der Waals surface area contributed by atoms with Gasteiger partial charge in [-0.15, -0.1) is 0 Å². The highest BCUT2D eigenvalue weighted by molar-refractivity contribution is 5.95. The van der Waals surface area contributed by atoms with Crippen molar-refractivity contribution in [1.82, 2.24) is 4.98 Å². The van der Waals surface area contributed by atoms with Crippen molar-refractivity contribution >= 4 is 5.90 Å². The van der Waals surface area contributed by atoms with Crippen LogP contribution in [0.25, 0.3) is 0 Å². The lowest BCUT2D eigenvalue weighted by atomic mass is 10.2. The summed E-state index contributed by atoms with van der Waals surface area (Å²) in [6.07, 6.45) is -0.210. The highest BCUT2D eigenvalue weighted by atomic mass is 19.2. The van der Waals surface area contributed by atoms with Crippen LogP contribution in [0.3, 0.4) is 0 Å². The summed E-state index contributed by atoms with van der Waals surface area (Å²) in [5.74, 6) is -3.92. The van der Waals surface area contributed by atoms with Gasteiger partial charge in [0, 0.05) is 6.07 Å². The summed E-state index contributed by atoms with van der Waals surface area (Å²) < 4.78 is 43.8. The van der Waals surface area contributed by atoms with Gasteiger partial charge in [-0.2, -0.15) is 13.8 Å². The van der Waals surface area contributed by atoms with Crippen molar-refractivity contribution in [2.45, 2.75) is 13.0 Å². The number of ether oxygens (including phenoxy) is 1. The maximum Gasteiger partial charge on any atom is 0.252 e. The van der Waals surface area contributed by atoms with E-state index in [4.69, 9.17) is 4.74 Å². The normalized spacial score (nSPS) is 20.0. The third kappa shape index (κ3) is 1.79. The molecule has 0 amide bonds. The molecule has 1 atom stereocenters. The Morgan fingerprint density at radius 3 is 2.73 bits per heavy atom. The molecule has 1 unspecified atom stereocenters. The second-order valence-corrected chi connectivity index (χ2v) is 3.17. The Kier molecular flexibility index (Phi) is 2.34. The summed E-state index contributed by atoms with van der Waals surface area (Å²) in [5, 5.41) is 0. The minimum absolute atomic E-state index is 0.0831. The molecule has 2 rings (SSSR count). The van der Waals surface area contributed by atoms with Gasteiger partial charge in [-0.3, -0.25) is 0 Å². The molecule has 0 N–H and O–H groups in total. The maximum atomic E-state index is 13.2. The van der Waals surface area contributed by atoms with Crippen LogP contribution in [0.15, 0.2) is 11.1 Å². The van der Waals surface area contributed by atoms with Crippen LogP contribution >= 0.6 is 0 Å². The lowest BCUT2D eigenvalue weighted by Crippen LogP contribution is -2.12. The second-order valence-electron chi connectivity index (χ2n) is 3.17. The zero-order chi connectivity index (χ0) is 11.0. The van der Waals surface area contributed by atoms with E-state index in [0.717, 1.165) is 6.07 Å². The Balaban J connectivity index is 2.44. The molecule has 0 radical (unpaired) electrons. The summed E-state index contributed by atoms with van der Waals surface area (Å²) in [4.78, 5) is 6.53. The zero-order valence-corrected chi connectivity index (χ0v) is 7.80. The van der Waals surface area contributed by atoms with Crippen LogP contribution in [0.5, 0.6) is 0 Å². The molecule has 80 valence electrons. The lowest BCUT2D eigenvalue weighted by Gasteiger charge is -2.06. The van der Waals surface area contributed by atoms with Crippen LogP contribution in [0.1, 0.15) is 12.5 Å². The molecular weight excluding hydrogens is 209 g/mol. The lowest BCUT2D eigenvalue weighted by molar-refractivity contribution is 0.245. The van der Waals surface area contributed by atoms with Crippen molar-refractivity contribution in [3.63, 3.8) is 0 Å². The highest BCUT2D eigenvalue weighted by Crippen LogP contribution is 2.17.